The number of hydrogen-bond donors (Lipinski definition) is 0. The second-order valence-electron chi connectivity index (χ2n) is 3.55. The fraction of sp³-hybridized carbons (Fsp3) is 0.692. The van der Waals surface area contributed by atoms with Crippen LogP contribution in [0.25, 0.3) is 0 Å². The lowest BCUT2D eigenvalue weighted by molar-refractivity contribution is -0.146. The average Bonchev–Trinajstić information content (AvgIpc) is 2.29. The predicted octanol–water partition coefficient (Wildman–Crippen LogP) is 2.62. The summed E-state index contributed by atoms with van der Waals surface area (Å²) in [4.78, 5) is 23.1. The van der Waals surface area contributed by atoms with Crippen molar-refractivity contribution in [3.05, 3.63) is 11.6 Å². The van der Waals surface area contributed by atoms with E-state index in [9.17, 15) is 9.59 Å². The van der Waals surface area contributed by atoms with Crippen molar-refractivity contribution in [3.63, 3.8) is 0 Å². The number of rotatable bonds is 8. The number of allylic oxidation sites excluding steroid dienone is 1. The van der Waals surface area contributed by atoms with Gasteiger partial charge >= 0.3 is 11.9 Å². The molecule has 17 heavy (non-hydrogen) atoms. The van der Waals surface area contributed by atoms with Crippen LogP contribution in [0.5, 0.6) is 0 Å². The zero-order valence-corrected chi connectivity index (χ0v) is 11.0. The van der Waals surface area contributed by atoms with E-state index in [1.54, 1.807) is 19.9 Å². The Morgan fingerprint density at radius 1 is 0.941 bits per heavy atom. The van der Waals surface area contributed by atoms with E-state index in [0.717, 1.165) is 19.3 Å². The van der Waals surface area contributed by atoms with Crippen LogP contribution < -0.4 is 0 Å². The maximum absolute atomic E-state index is 11.5. The Labute approximate surface area is 103 Å². The summed E-state index contributed by atoms with van der Waals surface area (Å²) < 4.78 is 9.64. The van der Waals surface area contributed by atoms with E-state index in [0.29, 0.717) is 6.42 Å². The van der Waals surface area contributed by atoms with E-state index < -0.39 is 11.9 Å². The van der Waals surface area contributed by atoms with E-state index in [2.05, 4.69) is 6.92 Å². The van der Waals surface area contributed by atoms with Crippen molar-refractivity contribution >= 4 is 11.9 Å². The molecule has 0 saturated carbocycles. The van der Waals surface area contributed by atoms with Crippen molar-refractivity contribution in [3.8, 4) is 0 Å². The molecule has 0 amide bonds. The van der Waals surface area contributed by atoms with Crippen LogP contribution in [-0.4, -0.2) is 25.2 Å². The summed E-state index contributed by atoms with van der Waals surface area (Å²) in [6.07, 6.45) is 5.45. The molecular formula is C13H22O4. The Morgan fingerprint density at radius 2 is 1.47 bits per heavy atom. The summed E-state index contributed by atoms with van der Waals surface area (Å²) in [5, 5.41) is 0. The highest BCUT2D eigenvalue weighted by Crippen LogP contribution is 2.07. The third kappa shape index (κ3) is 6.76. The highest BCUT2D eigenvalue weighted by atomic mass is 16.6. The van der Waals surface area contributed by atoms with Crippen molar-refractivity contribution in [2.75, 3.05) is 13.2 Å². The normalized spacial score (nSPS) is 9.59. The van der Waals surface area contributed by atoms with Gasteiger partial charge < -0.3 is 9.47 Å². The zero-order chi connectivity index (χ0) is 13.1. The van der Waals surface area contributed by atoms with Gasteiger partial charge in [-0.25, -0.2) is 9.59 Å². The highest BCUT2D eigenvalue weighted by Gasteiger charge is 2.20. The monoisotopic (exact) mass is 242 g/mol. The maximum Gasteiger partial charge on any atom is 0.345 e. The Kier molecular flexibility index (Phi) is 9.11. The van der Waals surface area contributed by atoms with Crippen molar-refractivity contribution in [1.29, 1.82) is 0 Å². The number of carbonyl (C=O) groups excluding carboxylic acids is 2. The first kappa shape index (κ1) is 15.7. The fourth-order valence-corrected chi connectivity index (χ4v) is 1.31. The molecule has 0 unspecified atom stereocenters. The lowest BCUT2D eigenvalue weighted by Gasteiger charge is -2.06. The lowest BCUT2D eigenvalue weighted by Crippen LogP contribution is -2.18. The number of esters is 2. The van der Waals surface area contributed by atoms with E-state index >= 15 is 0 Å². The molecule has 0 aromatic heterocycles. The van der Waals surface area contributed by atoms with E-state index in [-0.39, 0.29) is 18.8 Å². The topological polar surface area (TPSA) is 52.6 Å². The van der Waals surface area contributed by atoms with Crippen LogP contribution in [-0.2, 0) is 19.1 Å². The first-order valence-electron chi connectivity index (χ1n) is 6.21. The average molecular weight is 242 g/mol. The SMILES string of the molecule is CCCCCC=C(C(=O)OCC)C(=O)OCC. The smallest absolute Gasteiger partial charge is 0.345 e. The fourth-order valence-electron chi connectivity index (χ4n) is 1.31. The van der Waals surface area contributed by atoms with E-state index in [1.807, 2.05) is 0 Å². The Balaban J connectivity index is 4.48. The molecule has 0 aliphatic carbocycles. The molecule has 0 N–H and O–H groups in total. The van der Waals surface area contributed by atoms with Crippen LogP contribution in [0.4, 0.5) is 0 Å². The van der Waals surface area contributed by atoms with Crippen molar-refractivity contribution in [2.24, 2.45) is 0 Å². The lowest BCUT2D eigenvalue weighted by atomic mass is 10.1. The van der Waals surface area contributed by atoms with Crippen LogP contribution in [0, 0.1) is 0 Å². The summed E-state index contributed by atoms with van der Waals surface area (Å²) in [7, 11) is 0. The van der Waals surface area contributed by atoms with Gasteiger partial charge in [0.05, 0.1) is 13.2 Å². The first-order chi connectivity index (χ1) is 8.17. The van der Waals surface area contributed by atoms with E-state index in [1.165, 1.54) is 0 Å². The van der Waals surface area contributed by atoms with Gasteiger partial charge in [0, 0.05) is 0 Å². The summed E-state index contributed by atoms with van der Waals surface area (Å²) >= 11 is 0. The van der Waals surface area contributed by atoms with Gasteiger partial charge in [-0.05, 0) is 26.7 Å². The van der Waals surface area contributed by atoms with Crippen LogP contribution in [0.1, 0.15) is 46.5 Å². The van der Waals surface area contributed by atoms with Gasteiger partial charge in [-0.15, -0.1) is 0 Å². The Hall–Kier alpha value is -1.32. The zero-order valence-electron chi connectivity index (χ0n) is 11.0. The number of unbranched alkanes of at least 4 members (excludes halogenated alkanes) is 3. The minimum Gasteiger partial charge on any atom is -0.462 e. The third-order valence-corrected chi connectivity index (χ3v) is 2.15. The molecule has 0 radical (unpaired) electrons. The van der Waals surface area contributed by atoms with Gasteiger partial charge in [0.1, 0.15) is 5.57 Å². The molecular weight excluding hydrogens is 220 g/mol. The Bertz CT molecular complexity index is 249. The molecule has 0 atom stereocenters. The first-order valence-corrected chi connectivity index (χ1v) is 6.21. The quantitative estimate of drug-likeness (QED) is 0.216. The molecule has 0 aliphatic rings. The molecule has 0 fully saturated rings. The highest BCUT2D eigenvalue weighted by molar-refractivity contribution is 6.14. The largest absolute Gasteiger partial charge is 0.462 e. The number of carbonyl (C=O) groups is 2. The van der Waals surface area contributed by atoms with Gasteiger partial charge in [0.2, 0.25) is 0 Å². The van der Waals surface area contributed by atoms with Crippen molar-refractivity contribution in [2.45, 2.75) is 46.5 Å². The number of ether oxygens (including phenoxy) is 2. The van der Waals surface area contributed by atoms with Gasteiger partial charge in [0.25, 0.3) is 0 Å². The standard InChI is InChI=1S/C13H22O4/c1-4-7-8-9-10-11(12(14)16-5-2)13(15)17-6-3/h10H,4-9H2,1-3H3. The second-order valence-corrected chi connectivity index (χ2v) is 3.55. The van der Waals surface area contributed by atoms with Crippen LogP contribution >= 0.6 is 0 Å². The molecule has 4 nitrogen and oxygen atoms in total. The van der Waals surface area contributed by atoms with Crippen LogP contribution in [0.2, 0.25) is 0 Å². The summed E-state index contributed by atoms with van der Waals surface area (Å²) in [6.45, 7) is 6.02. The summed E-state index contributed by atoms with van der Waals surface area (Å²) in [5.41, 5.74) is 0.0183. The minimum absolute atomic E-state index is 0.0183. The molecule has 0 heterocycles. The van der Waals surface area contributed by atoms with Gasteiger partial charge in [-0.2, -0.15) is 0 Å². The van der Waals surface area contributed by atoms with Crippen molar-refractivity contribution in [1.82, 2.24) is 0 Å². The molecule has 0 aliphatic heterocycles. The minimum atomic E-state index is -0.595. The maximum atomic E-state index is 11.5. The van der Waals surface area contributed by atoms with Gasteiger partial charge in [0.15, 0.2) is 0 Å². The summed E-state index contributed by atoms with van der Waals surface area (Å²) in [5.74, 6) is -1.19. The molecule has 0 saturated heterocycles. The van der Waals surface area contributed by atoms with Gasteiger partial charge in [-0.1, -0.05) is 25.8 Å². The van der Waals surface area contributed by atoms with Crippen molar-refractivity contribution < 1.29 is 19.1 Å². The Morgan fingerprint density at radius 3 is 1.88 bits per heavy atom. The predicted molar refractivity (Wildman–Crippen MR) is 65.5 cm³/mol. The molecule has 0 spiro atoms. The van der Waals surface area contributed by atoms with Gasteiger partial charge in [-0.3, -0.25) is 0 Å². The van der Waals surface area contributed by atoms with E-state index in [4.69, 9.17) is 9.47 Å². The number of hydrogen-bond acceptors (Lipinski definition) is 4. The molecule has 4 heteroatoms. The molecule has 0 bridgehead atoms. The molecule has 0 aromatic carbocycles. The molecule has 0 aromatic rings. The third-order valence-electron chi connectivity index (χ3n) is 2.15. The molecule has 98 valence electrons. The van der Waals surface area contributed by atoms with Crippen LogP contribution in [0.15, 0.2) is 11.6 Å². The second kappa shape index (κ2) is 9.87. The summed E-state index contributed by atoms with van der Waals surface area (Å²) in [6, 6.07) is 0. The molecule has 0 rings (SSSR count). The van der Waals surface area contributed by atoms with Crippen LogP contribution in [0.3, 0.4) is 0 Å².